The molecule has 0 radical (unpaired) electrons. The van der Waals surface area contributed by atoms with E-state index in [0.29, 0.717) is 6.54 Å². The van der Waals surface area contributed by atoms with E-state index in [1.165, 1.54) is 12.1 Å². The van der Waals surface area contributed by atoms with Gasteiger partial charge in [0.2, 0.25) is 0 Å². The van der Waals surface area contributed by atoms with E-state index in [9.17, 15) is 9.18 Å². The summed E-state index contributed by atoms with van der Waals surface area (Å²) in [7, 11) is 0. The van der Waals surface area contributed by atoms with E-state index < -0.39 is 5.82 Å². The fourth-order valence-corrected chi connectivity index (χ4v) is 1.99. The van der Waals surface area contributed by atoms with Crippen LogP contribution in [0.3, 0.4) is 0 Å². The molecule has 0 spiro atoms. The molecule has 1 heterocycles. The standard InChI is InChI=1S/C14H15ClFN3O/c1-9(2)19-6-5-17-13(14(19)20)18-8-10-3-4-12(16)11(15)7-10/h3-7,9H,8H2,1-2H3,(H,17,18). The Kier molecular flexibility index (Phi) is 4.39. The van der Waals surface area contributed by atoms with E-state index >= 15 is 0 Å². The Hall–Kier alpha value is -1.88. The van der Waals surface area contributed by atoms with Crippen molar-refractivity contribution < 1.29 is 4.39 Å². The maximum Gasteiger partial charge on any atom is 0.293 e. The first-order chi connectivity index (χ1) is 9.49. The highest BCUT2D eigenvalue weighted by Crippen LogP contribution is 2.16. The molecular formula is C14H15ClFN3O. The van der Waals surface area contributed by atoms with Crippen molar-refractivity contribution in [2.45, 2.75) is 26.4 Å². The first-order valence-corrected chi connectivity index (χ1v) is 6.62. The molecular weight excluding hydrogens is 281 g/mol. The summed E-state index contributed by atoms with van der Waals surface area (Å²) in [6.07, 6.45) is 3.22. The number of nitrogens with zero attached hydrogens (tertiary/aromatic N) is 2. The average molecular weight is 296 g/mol. The predicted octanol–water partition coefficient (Wildman–Crippen LogP) is 3.23. The summed E-state index contributed by atoms with van der Waals surface area (Å²) in [4.78, 5) is 16.1. The molecule has 0 saturated heterocycles. The lowest BCUT2D eigenvalue weighted by atomic mass is 10.2. The lowest BCUT2D eigenvalue weighted by Crippen LogP contribution is -2.25. The van der Waals surface area contributed by atoms with Crippen molar-refractivity contribution >= 4 is 17.4 Å². The number of rotatable bonds is 4. The first kappa shape index (κ1) is 14.5. The van der Waals surface area contributed by atoms with Gasteiger partial charge in [0.05, 0.1) is 5.02 Å². The van der Waals surface area contributed by atoms with Crippen LogP contribution in [-0.4, -0.2) is 9.55 Å². The van der Waals surface area contributed by atoms with Crippen molar-refractivity contribution in [3.05, 3.63) is 57.3 Å². The molecule has 1 N–H and O–H groups in total. The van der Waals surface area contributed by atoms with Crippen molar-refractivity contribution in [1.29, 1.82) is 0 Å². The number of aromatic nitrogens is 2. The molecule has 0 bridgehead atoms. The van der Waals surface area contributed by atoms with E-state index in [1.807, 2.05) is 13.8 Å². The van der Waals surface area contributed by atoms with Crippen LogP contribution in [0.25, 0.3) is 0 Å². The Balaban J connectivity index is 2.17. The van der Waals surface area contributed by atoms with Crippen LogP contribution < -0.4 is 10.9 Å². The van der Waals surface area contributed by atoms with Gasteiger partial charge < -0.3 is 9.88 Å². The van der Waals surface area contributed by atoms with Crippen LogP contribution in [0.4, 0.5) is 10.2 Å². The van der Waals surface area contributed by atoms with Crippen molar-refractivity contribution in [1.82, 2.24) is 9.55 Å². The molecule has 6 heteroatoms. The Morgan fingerprint density at radius 3 is 2.85 bits per heavy atom. The van der Waals surface area contributed by atoms with E-state index in [4.69, 9.17) is 11.6 Å². The number of anilines is 1. The number of nitrogens with one attached hydrogen (secondary N) is 1. The molecule has 1 aromatic heterocycles. The molecule has 106 valence electrons. The zero-order chi connectivity index (χ0) is 14.7. The Labute approximate surface area is 121 Å². The summed E-state index contributed by atoms with van der Waals surface area (Å²) >= 11 is 5.71. The second kappa shape index (κ2) is 6.05. The van der Waals surface area contributed by atoms with E-state index in [2.05, 4.69) is 10.3 Å². The van der Waals surface area contributed by atoms with Gasteiger partial charge in [-0.1, -0.05) is 17.7 Å². The smallest absolute Gasteiger partial charge is 0.293 e. The van der Waals surface area contributed by atoms with Crippen LogP contribution in [0.2, 0.25) is 5.02 Å². The van der Waals surface area contributed by atoms with Gasteiger partial charge in [-0.15, -0.1) is 0 Å². The highest BCUT2D eigenvalue weighted by molar-refractivity contribution is 6.30. The maximum atomic E-state index is 13.0. The van der Waals surface area contributed by atoms with Crippen LogP contribution in [0.1, 0.15) is 25.5 Å². The quantitative estimate of drug-likeness (QED) is 0.942. The lowest BCUT2D eigenvalue weighted by Gasteiger charge is -2.11. The van der Waals surface area contributed by atoms with Gasteiger partial charge in [0, 0.05) is 25.0 Å². The van der Waals surface area contributed by atoms with Crippen molar-refractivity contribution in [2.24, 2.45) is 0 Å². The summed E-state index contributed by atoms with van der Waals surface area (Å²) in [5.41, 5.74) is 0.591. The van der Waals surface area contributed by atoms with Crippen molar-refractivity contribution in [2.75, 3.05) is 5.32 Å². The van der Waals surface area contributed by atoms with Crippen molar-refractivity contribution in [3.63, 3.8) is 0 Å². The fraction of sp³-hybridized carbons (Fsp3) is 0.286. The van der Waals surface area contributed by atoms with E-state index in [0.717, 1.165) is 5.56 Å². The molecule has 0 aliphatic heterocycles. The zero-order valence-electron chi connectivity index (χ0n) is 11.2. The Bertz CT molecular complexity index is 670. The largest absolute Gasteiger partial charge is 0.361 e. The maximum absolute atomic E-state index is 13.0. The third-order valence-corrected chi connectivity index (χ3v) is 3.16. The number of benzene rings is 1. The molecule has 0 unspecified atom stereocenters. The van der Waals surface area contributed by atoms with Crippen LogP contribution >= 0.6 is 11.6 Å². The summed E-state index contributed by atoms with van der Waals surface area (Å²) in [6, 6.07) is 4.49. The molecule has 1 aromatic carbocycles. The Morgan fingerprint density at radius 2 is 2.20 bits per heavy atom. The van der Waals surface area contributed by atoms with Gasteiger partial charge >= 0.3 is 0 Å². The molecule has 20 heavy (non-hydrogen) atoms. The fourth-order valence-electron chi connectivity index (χ4n) is 1.79. The molecule has 2 aromatic rings. The topological polar surface area (TPSA) is 46.9 Å². The van der Waals surface area contributed by atoms with Gasteiger partial charge in [-0.05, 0) is 31.5 Å². The SMILES string of the molecule is CC(C)n1ccnc(NCc2ccc(F)c(Cl)c2)c1=O. The van der Waals surface area contributed by atoms with Gasteiger partial charge in [-0.3, -0.25) is 4.79 Å². The van der Waals surface area contributed by atoms with Gasteiger partial charge in [0.15, 0.2) is 5.82 Å². The minimum absolute atomic E-state index is 0.0601. The molecule has 0 aliphatic carbocycles. The number of halogens is 2. The minimum atomic E-state index is -0.463. The molecule has 0 atom stereocenters. The molecule has 2 rings (SSSR count). The van der Waals surface area contributed by atoms with Gasteiger partial charge in [0.1, 0.15) is 5.82 Å². The molecule has 0 fully saturated rings. The summed E-state index contributed by atoms with van der Waals surface area (Å²) in [6.45, 7) is 4.19. The number of hydrogen-bond acceptors (Lipinski definition) is 3. The summed E-state index contributed by atoms with van der Waals surface area (Å²) in [5.74, 6) is -0.197. The molecule has 4 nitrogen and oxygen atoms in total. The summed E-state index contributed by atoms with van der Waals surface area (Å²) in [5, 5.41) is 3.01. The highest BCUT2D eigenvalue weighted by atomic mass is 35.5. The first-order valence-electron chi connectivity index (χ1n) is 6.24. The minimum Gasteiger partial charge on any atom is -0.361 e. The molecule has 0 aliphatic rings. The molecule has 0 saturated carbocycles. The third-order valence-electron chi connectivity index (χ3n) is 2.87. The van der Waals surface area contributed by atoms with E-state index in [-0.39, 0.29) is 22.4 Å². The monoisotopic (exact) mass is 295 g/mol. The second-order valence-corrected chi connectivity index (χ2v) is 5.09. The molecule has 0 amide bonds. The Morgan fingerprint density at radius 1 is 1.45 bits per heavy atom. The van der Waals surface area contributed by atoms with Gasteiger partial charge in [-0.25, -0.2) is 9.37 Å². The average Bonchev–Trinajstić information content (AvgIpc) is 2.41. The third kappa shape index (κ3) is 3.17. The second-order valence-electron chi connectivity index (χ2n) is 4.68. The van der Waals surface area contributed by atoms with Crippen LogP contribution in [-0.2, 0) is 6.54 Å². The lowest BCUT2D eigenvalue weighted by molar-refractivity contribution is 0.575. The van der Waals surface area contributed by atoms with Gasteiger partial charge in [-0.2, -0.15) is 0 Å². The highest BCUT2D eigenvalue weighted by Gasteiger charge is 2.07. The normalized spacial score (nSPS) is 10.8. The van der Waals surface area contributed by atoms with Crippen LogP contribution in [0.15, 0.2) is 35.4 Å². The van der Waals surface area contributed by atoms with E-state index in [1.54, 1.807) is 23.0 Å². The van der Waals surface area contributed by atoms with Gasteiger partial charge in [0.25, 0.3) is 5.56 Å². The van der Waals surface area contributed by atoms with Crippen molar-refractivity contribution in [3.8, 4) is 0 Å². The van der Waals surface area contributed by atoms with Crippen LogP contribution in [0, 0.1) is 5.82 Å². The number of hydrogen-bond donors (Lipinski definition) is 1. The predicted molar refractivity (Wildman–Crippen MR) is 77.6 cm³/mol. The summed E-state index contributed by atoms with van der Waals surface area (Å²) < 4.78 is 14.6. The van der Waals surface area contributed by atoms with Crippen LogP contribution in [0.5, 0.6) is 0 Å². The zero-order valence-corrected chi connectivity index (χ0v) is 12.0.